The minimum absolute atomic E-state index is 0.215. The van der Waals surface area contributed by atoms with E-state index in [1.807, 2.05) is 13.8 Å². The fourth-order valence-corrected chi connectivity index (χ4v) is 2.70. The maximum absolute atomic E-state index is 12.0. The Morgan fingerprint density at radius 1 is 1.23 bits per heavy atom. The standard InChI is InChI=1S/C18H20ClN5O2/c1-12-16(13(2)24(23-12)11-3-10-20)8-9-17(25)21-22-18(26)14-4-6-15(19)7-5-14/h4-7H,3,8-9,11H2,1-2H3,(H,21,25)(H,22,26). The first-order valence-corrected chi connectivity index (χ1v) is 8.54. The van der Waals surface area contributed by atoms with Crippen LogP contribution in [0.1, 0.15) is 40.2 Å². The lowest BCUT2D eigenvalue weighted by molar-refractivity contribution is -0.121. The van der Waals surface area contributed by atoms with Crippen LogP contribution in [0.3, 0.4) is 0 Å². The van der Waals surface area contributed by atoms with Crippen molar-refractivity contribution in [3.63, 3.8) is 0 Å². The third-order valence-electron chi connectivity index (χ3n) is 3.99. The van der Waals surface area contributed by atoms with E-state index in [1.54, 1.807) is 28.9 Å². The van der Waals surface area contributed by atoms with Crippen LogP contribution in [-0.2, 0) is 17.8 Å². The molecule has 2 rings (SSSR count). The zero-order chi connectivity index (χ0) is 19.1. The predicted octanol–water partition coefficient (Wildman–Crippen LogP) is 2.46. The summed E-state index contributed by atoms with van der Waals surface area (Å²) in [6.07, 6.45) is 1.11. The van der Waals surface area contributed by atoms with Crippen molar-refractivity contribution in [2.45, 2.75) is 39.7 Å². The van der Waals surface area contributed by atoms with Crippen molar-refractivity contribution in [3.8, 4) is 6.07 Å². The van der Waals surface area contributed by atoms with Crippen LogP contribution < -0.4 is 10.9 Å². The molecule has 2 N–H and O–H groups in total. The van der Waals surface area contributed by atoms with E-state index in [9.17, 15) is 9.59 Å². The first-order chi connectivity index (χ1) is 12.4. The summed E-state index contributed by atoms with van der Waals surface area (Å²) in [6, 6.07) is 8.45. The number of nitriles is 1. The minimum atomic E-state index is -0.410. The van der Waals surface area contributed by atoms with Gasteiger partial charge in [-0.2, -0.15) is 10.4 Å². The second-order valence-corrected chi connectivity index (χ2v) is 6.23. The average Bonchev–Trinajstić information content (AvgIpc) is 2.90. The van der Waals surface area contributed by atoms with Crippen molar-refractivity contribution in [2.75, 3.05) is 0 Å². The molecule has 0 fully saturated rings. The lowest BCUT2D eigenvalue weighted by Crippen LogP contribution is -2.41. The van der Waals surface area contributed by atoms with Crippen molar-refractivity contribution in [1.29, 1.82) is 5.26 Å². The van der Waals surface area contributed by atoms with Gasteiger partial charge in [0, 0.05) is 22.7 Å². The Labute approximate surface area is 156 Å². The number of carbonyl (C=O) groups excluding carboxylic acids is 2. The number of aryl methyl sites for hydroxylation is 2. The summed E-state index contributed by atoms with van der Waals surface area (Å²) in [5.74, 6) is -0.706. The van der Waals surface area contributed by atoms with Crippen LogP contribution in [0.4, 0.5) is 0 Å². The van der Waals surface area contributed by atoms with Gasteiger partial charge < -0.3 is 0 Å². The van der Waals surface area contributed by atoms with Gasteiger partial charge in [-0.15, -0.1) is 0 Å². The average molecular weight is 374 g/mol. The van der Waals surface area contributed by atoms with E-state index < -0.39 is 5.91 Å². The fraction of sp³-hybridized carbons (Fsp3) is 0.333. The van der Waals surface area contributed by atoms with E-state index in [0.29, 0.717) is 30.0 Å². The molecule has 0 aliphatic heterocycles. The molecule has 2 aromatic rings. The predicted molar refractivity (Wildman–Crippen MR) is 97.3 cm³/mol. The monoisotopic (exact) mass is 373 g/mol. The summed E-state index contributed by atoms with van der Waals surface area (Å²) >= 11 is 5.77. The molecule has 7 nitrogen and oxygen atoms in total. The minimum Gasteiger partial charge on any atom is -0.273 e. The molecule has 0 atom stereocenters. The number of nitrogens with zero attached hydrogens (tertiary/aromatic N) is 3. The second-order valence-electron chi connectivity index (χ2n) is 5.79. The highest BCUT2D eigenvalue weighted by molar-refractivity contribution is 6.30. The van der Waals surface area contributed by atoms with Crippen LogP contribution in [0.15, 0.2) is 24.3 Å². The molecule has 1 aromatic heterocycles. The van der Waals surface area contributed by atoms with E-state index in [2.05, 4.69) is 22.0 Å². The van der Waals surface area contributed by atoms with E-state index in [-0.39, 0.29) is 12.3 Å². The van der Waals surface area contributed by atoms with Crippen molar-refractivity contribution in [3.05, 3.63) is 51.8 Å². The number of hydrazine groups is 1. The molecule has 1 heterocycles. The highest BCUT2D eigenvalue weighted by atomic mass is 35.5. The zero-order valence-corrected chi connectivity index (χ0v) is 15.4. The maximum atomic E-state index is 12.0. The van der Waals surface area contributed by atoms with Crippen molar-refractivity contribution >= 4 is 23.4 Å². The van der Waals surface area contributed by atoms with Gasteiger partial charge in [-0.3, -0.25) is 25.1 Å². The summed E-state index contributed by atoms with van der Waals surface area (Å²) in [4.78, 5) is 23.9. The molecule has 0 saturated heterocycles. The number of amides is 2. The molecule has 0 bridgehead atoms. The number of hydrogen-bond acceptors (Lipinski definition) is 4. The van der Waals surface area contributed by atoms with Crippen LogP contribution in [0.25, 0.3) is 0 Å². The Morgan fingerprint density at radius 2 is 1.92 bits per heavy atom. The van der Waals surface area contributed by atoms with E-state index >= 15 is 0 Å². The maximum Gasteiger partial charge on any atom is 0.269 e. The molecule has 0 unspecified atom stereocenters. The Hall–Kier alpha value is -2.85. The van der Waals surface area contributed by atoms with Gasteiger partial charge in [-0.25, -0.2) is 0 Å². The smallest absolute Gasteiger partial charge is 0.269 e. The first kappa shape index (κ1) is 19.5. The summed E-state index contributed by atoms with van der Waals surface area (Å²) < 4.78 is 1.79. The molecule has 0 spiro atoms. The van der Waals surface area contributed by atoms with Gasteiger partial charge in [-0.1, -0.05) is 11.6 Å². The lowest BCUT2D eigenvalue weighted by atomic mass is 10.1. The summed E-state index contributed by atoms with van der Waals surface area (Å²) in [7, 11) is 0. The molecule has 26 heavy (non-hydrogen) atoms. The number of hydrogen-bond donors (Lipinski definition) is 2. The largest absolute Gasteiger partial charge is 0.273 e. The van der Waals surface area contributed by atoms with Crippen molar-refractivity contribution in [1.82, 2.24) is 20.6 Å². The van der Waals surface area contributed by atoms with Crippen LogP contribution >= 0.6 is 11.6 Å². The van der Waals surface area contributed by atoms with E-state index in [4.69, 9.17) is 16.9 Å². The van der Waals surface area contributed by atoms with Gasteiger partial charge in [0.15, 0.2) is 0 Å². The molecule has 2 amide bonds. The number of aromatic nitrogens is 2. The highest BCUT2D eigenvalue weighted by Gasteiger charge is 2.13. The molecule has 1 aromatic carbocycles. The molecular formula is C18H20ClN5O2. The topological polar surface area (TPSA) is 99.8 Å². The van der Waals surface area contributed by atoms with Crippen LogP contribution in [0.2, 0.25) is 5.02 Å². The molecule has 0 radical (unpaired) electrons. The quantitative estimate of drug-likeness (QED) is 0.759. The highest BCUT2D eigenvalue weighted by Crippen LogP contribution is 2.15. The Bertz CT molecular complexity index is 837. The normalized spacial score (nSPS) is 10.2. The second kappa shape index (κ2) is 9.02. The third kappa shape index (κ3) is 5.07. The summed E-state index contributed by atoms with van der Waals surface area (Å²) in [5, 5.41) is 13.6. The van der Waals surface area contributed by atoms with Gasteiger partial charge in [0.2, 0.25) is 5.91 Å². The molecule has 0 aliphatic carbocycles. The summed E-state index contributed by atoms with van der Waals surface area (Å²) in [6.45, 7) is 4.34. The molecule has 8 heteroatoms. The van der Waals surface area contributed by atoms with E-state index in [0.717, 1.165) is 17.0 Å². The lowest BCUT2D eigenvalue weighted by Gasteiger charge is -2.08. The summed E-state index contributed by atoms with van der Waals surface area (Å²) in [5.41, 5.74) is 7.97. The van der Waals surface area contributed by atoms with Gasteiger partial charge >= 0.3 is 0 Å². The van der Waals surface area contributed by atoms with Crippen molar-refractivity contribution in [2.24, 2.45) is 0 Å². The Morgan fingerprint density at radius 3 is 2.58 bits per heavy atom. The molecule has 0 saturated carbocycles. The number of benzene rings is 1. The molecule has 0 aliphatic rings. The van der Waals surface area contributed by atoms with Crippen LogP contribution in [0, 0.1) is 25.2 Å². The van der Waals surface area contributed by atoms with E-state index in [1.165, 1.54) is 0 Å². The molecule has 136 valence electrons. The van der Waals surface area contributed by atoms with Gasteiger partial charge in [0.05, 0.1) is 24.7 Å². The number of nitrogens with one attached hydrogen (secondary N) is 2. The first-order valence-electron chi connectivity index (χ1n) is 8.17. The fourth-order valence-electron chi connectivity index (χ4n) is 2.57. The van der Waals surface area contributed by atoms with Gasteiger partial charge in [-0.05, 0) is 50.1 Å². The number of rotatable bonds is 6. The van der Waals surface area contributed by atoms with Gasteiger partial charge in [0.25, 0.3) is 5.91 Å². The van der Waals surface area contributed by atoms with Crippen LogP contribution in [-0.4, -0.2) is 21.6 Å². The molecular weight excluding hydrogens is 354 g/mol. The zero-order valence-electron chi connectivity index (χ0n) is 14.7. The van der Waals surface area contributed by atoms with Crippen molar-refractivity contribution < 1.29 is 9.59 Å². The third-order valence-corrected chi connectivity index (χ3v) is 4.24. The Kier molecular flexibility index (Phi) is 6.75. The SMILES string of the molecule is Cc1nn(CCC#N)c(C)c1CCC(=O)NNC(=O)c1ccc(Cl)cc1. The van der Waals surface area contributed by atoms with Gasteiger partial charge in [0.1, 0.15) is 0 Å². The van der Waals surface area contributed by atoms with Crippen LogP contribution in [0.5, 0.6) is 0 Å². The Balaban J connectivity index is 1.85. The number of carbonyl (C=O) groups is 2. The number of halogens is 1.